The topological polar surface area (TPSA) is 63.4 Å². The van der Waals surface area contributed by atoms with Crippen LogP contribution in [0.3, 0.4) is 0 Å². The third-order valence-electron chi connectivity index (χ3n) is 3.59. The highest BCUT2D eigenvalue weighted by Crippen LogP contribution is 2.19. The summed E-state index contributed by atoms with van der Waals surface area (Å²) in [6, 6.07) is 0.410. The highest BCUT2D eigenvalue weighted by Gasteiger charge is 2.24. The van der Waals surface area contributed by atoms with E-state index in [0.717, 1.165) is 45.5 Å². The van der Waals surface area contributed by atoms with Gasteiger partial charge in [0.2, 0.25) is 11.7 Å². The molecule has 1 N–H and O–H groups in total. The second-order valence-electron chi connectivity index (χ2n) is 5.42. The first-order chi connectivity index (χ1) is 9.72. The number of hydrogen-bond donors (Lipinski definition) is 1. The Balaban J connectivity index is 1.93. The van der Waals surface area contributed by atoms with Crippen LogP contribution in [0.5, 0.6) is 0 Å². The van der Waals surface area contributed by atoms with Crippen LogP contribution in [0.25, 0.3) is 0 Å². The van der Waals surface area contributed by atoms with E-state index in [1.165, 1.54) is 0 Å². The van der Waals surface area contributed by atoms with Crippen molar-refractivity contribution in [1.82, 2.24) is 20.4 Å². The molecule has 0 amide bonds. The molecule has 2 atom stereocenters. The largest absolute Gasteiger partial charge is 0.367 e. The smallest absolute Gasteiger partial charge is 0.228 e. The predicted molar refractivity (Wildman–Crippen MR) is 76.6 cm³/mol. The quantitative estimate of drug-likeness (QED) is 0.815. The summed E-state index contributed by atoms with van der Waals surface area (Å²) in [5.74, 6) is 1.38. The zero-order valence-electron chi connectivity index (χ0n) is 12.8. The molecule has 0 aromatic carbocycles. The number of morpholine rings is 1. The van der Waals surface area contributed by atoms with Gasteiger partial charge in [0, 0.05) is 25.6 Å². The molecular formula is C14H26N4O2. The fraction of sp³-hybridized carbons (Fsp3) is 0.857. The van der Waals surface area contributed by atoms with E-state index in [9.17, 15) is 0 Å². The van der Waals surface area contributed by atoms with Crippen molar-refractivity contribution in [2.75, 3.05) is 33.3 Å². The van der Waals surface area contributed by atoms with E-state index >= 15 is 0 Å². The minimum Gasteiger partial charge on any atom is -0.367 e. The molecule has 20 heavy (non-hydrogen) atoms. The third-order valence-corrected chi connectivity index (χ3v) is 3.59. The maximum absolute atomic E-state index is 5.71. The van der Waals surface area contributed by atoms with Crippen LogP contribution in [-0.2, 0) is 11.2 Å². The van der Waals surface area contributed by atoms with Crippen molar-refractivity contribution in [2.45, 2.75) is 45.3 Å². The van der Waals surface area contributed by atoms with Gasteiger partial charge in [-0.15, -0.1) is 0 Å². The van der Waals surface area contributed by atoms with Crippen LogP contribution in [0.4, 0.5) is 0 Å². The number of ether oxygens (including phenoxy) is 1. The minimum atomic E-state index is -0.0602. The number of hydrogen-bond acceptors (Lipinski definition) is 6. The average Bonchev–Trinajstić information content (AvgIpc) is 2.88. The molecule has 2 heterocycles. The Morgan fingerprint density at radius 2 is 2.30 bits per heavy atom. The molecule has 1 saturated heterocycles. The number of nitrogens with zero attached hydrogens (tertiary/aromatic N) is 3. The van der Waals surface area contributed by atoms with Gasteiger partial charge in [0.1, 0.15) is 6.10 Å². The van der Waals surface area contributed by atoms with E-state index in [1.54, 1.807) is 0 Å². The first-order valence-corrected chi connectivity index (χ1v) is 7.58. The molecule has 1 aromatic rings. The number of rotatable bonds is 7. The lowest BCUT2D eigenvalue weighted by Crippen LogP contribution is -2.35. The summed E-state index contributed by atoms with van der Waals surface area (Å²) in [5, 5.41) is 7.54. The van der Waals surface area contributed by atoms with Gasteiger partial charge in [-0.25, -0.2) is 0 Å². The van der Waals surface area contributed by atoms with E-state index in [0.29, 0.717) is 17.8 Å². The SMILES string of the molecule is CCCC(Cc1nc(C2CN(C)CCO2)no1)NCC. The summed E-state index contributed by atoms with van der Waals surface area (Å²) >= 11 is 0. The van der Waals surface area contributed by atoms with Gasteiger partial charge in [-0.3, -0.25) is 0 Å². The lowest BCUT2D eigenvalue weighted by Gasteiger charge is -2.27. The predicted octanol–water partition coefficient (Wildman–Crippen LogP) is 1.39. The number of nitrogens with one attached hydrogen (secondary N) is 1. The van der Waals surface area contributed by atoms with E-state index < -0.39 is 0 Å². The molecule has 2 rings (SSSR count). The maximum atomic E-state index is 5.71. The van der Waals surface area contributed by atoms with Gasteiger partial charge in [-0.1, -0.05) is 25.4 Å². The lowest BCUT2D eigenvalue weighted by atomic mass is 10.1. The molecule has 0 spiro atoms. The molecule has 2 unspecified atom stereocenters. The van der Waals surface area contributed by atoms with Crippen LogP contribution in [0.2, 0.25) is 0 Å². The second-order valence-corrected chi connectivity index (χ2v) is 5.42. The second kappa shape index (κ2) is 7.71. The van der Waals surface area contributed by atoms with Gasteiger partial charge in [0.05, 0.1) is 6.61 Å². The summed E-state index contributed by atoms with van der Waals surface area (Å²) in [5.41, 5.74) is 0. The van der Waals surface area contributed by atoms with Gasteiger partial charge < -0.3 is 19.5 Å². The summed E-state index contributed by atoms with van der Waals surface area (Å²) < 4.78 is 11.1. The van der Waals surface area contributed by atoms with Crippen molar-refractivity contribution in [1.29, 1.82) is 0 Å². The van der Waals surface area contributed by atoms with Gasteiger partial charge in [0.25, 0.3) is 0 Å². The third kappa shape index (κ3) is 4.26. The normalized spacial score (nSPS) is 22.1. The Bertz CT molecular complexity index is 390. The fourth-order valence-corrected chi connectivity index (χ4v) is 2.54. The Morgan fingerprint density at radius 1 is 1.45 bits per heavy atom. The highest BCUT2D eigenvalue weighted by molar-refractivity contribution is 4.95. The Hall–Kier alpha value is -0.980. The molecule has 6 nitrogen and oxygen atoms in total. The monoisotopic (exact) mass is 282 g/mol. The molecule has 1 aliphatic heterocycles. The summed E-state index contributed by atoms with van der Waals surface area (Å²) in [6.45, 7) is 7.77. The molecule has 1 aromatic heterocycles. The molecule has 0 radical (unpaired) electrons. The van der Waals surface area contributed by atoms with Crippen molar-refractivity contribution in [3.63, 3.8) is 0 Å². The molecule has 1 fully saturated rings. The molecular weight excluding hydrogens is 256 g/mol. The van der Waals surface area contributed by atoms with E-state index in [2.05, 4.69) is 41.3 Å². The minimum absolute atomic E-state index is 0.0602. The first-order valence-electron chi connectivity index (χ1n) is 7.58. The van der Waals surface area contributed by atoms with Gasteiger partial charge in [-0.2, -0.15) is 4.98 Å². The number of aromatic nitrogens is 2. The molecule has 0 aliphatic carbocycles. The molecule has 0 bridgehead atoms. The molecule has 1 aliphatic rings. The van der Waals surface area contributed by atoms with Crippen LogP contribution >= 0.6 is 0 Å². The van der Waals surface area contributed by atoms with Crippen LogP contribution in [0.15, 0.2) is 4.52 Å². The van der Waals surface area contributed by atoms with Gasteiger partial charge in [0.15, 0.2) is 0 Å². The van der Waals surface area contributed by atoms with Crippen molar-refractivity contribution < 1.29 is 9.26 Å². The van der Waals surface area contributed by atoms with Crippen molar-refractivity contribution in [3.05, 3.63) is 11.7 Å². The fourth-order valence-electron chi connectivity index (χ4n) is 2.54. The number of likely N-dealkylation sites (N-methyl/N-ethyl adjacent to an activating group) is 2. The van der Waals surface area contributed by atoms with Crippen LogP contribution in [0.1, 0.15) is 44.5 Å². The van der Waals surface area contributed by atoms with Crippen molar-refractivity contribution in [3.8, 4) is 0 Å². The maximum Gasteiger partial charge on any atom is 0.228 e. The van der Waals surface area contributed by atoms with Crippen LogP contribution in [0, 0.1) is 0 Å². The zero-order chi connectivity index (χ0) is 14.4. The van der Waals surface area contributed by atoms with Crippen molar-refractivity contribution in [2.24, 2.45) is 0 Å². The Kier molecular flexibility index (Phi) is 5.94. The Morgan fingerprint density at radius 3 is 3.00 bits per heavy atom. The Labute approximate surface area is 120 Å². The molecule has 114 valence electrons. The van der Waals surface area contributed by atoms with Crippen LogP contribution < -0.4 is 5.32 Å². The lowest BCUT2D eigenvalue weighted by molar-refractivity contribution is -0.0264. The van der Waals surface area contributed by atoms with E-state index in [-0.39, 0.29) is 6.10 Å². The first kappa shape index (κ1) is 15.4. The van der Waals surface area contributed by atoms with Crippen molar-refractivity contribution >= 4 is 0 Å². The van der Waals surface area contributed by atoms with Gasteiger partial charge >= 0.3 is 0 Å². The summed E-state index contributed by atoms with van der Waals surface area (Å²) in [6.07, 6.45) is 3.00. The van der Waals surface area contributed by atoms with E-state index in [1.807, 2.05) is 0 Å². The molecule has 0 saturated carbocycles. The van der Waals surface area contributed by atoms with E-state index in [4.69, 9.17) is 9.26 Å². The highest BCUT2D eigenvalue weighted by atomic mass is 16.5. The standard InChI is InChI=1S/C14H26N4O2/c1-4-6-11(15-5-2)9-13-16-14(17-20-13)12-10-18(3)7-8-19-12/h11-12,15H,4-10H2,1-3H3. The van der Waals surface area contributed by atoms with Gasteiger partial charge in [-0.05, 0) is 20.0 Å². The average molecular weight is 282 g/mol. The summed E-state index contributed by atoms with van der Waals surface area (Å²) in [4.78, 5) is 6.73. The zero-order valence-corrected chi connectivity index (χ0v) is 12.8. The molecule has 6 heteroatoms. The summed E-state index contributed by atoms with van der Waals surface area (Å²) in [7, 11) is 2.08. The van der Waals surface area contributed by atoms with Crippen LogP contribution in [-0.4, -0.2) is 54.4 Å².